The van der Waals surface area contributed by atoms with Crippen molar-refractivity contribution in [3.63, 3.8) is 0 Å². The lowest BCUT2D eigenvalue weighted by molar-refractivity contribution is -0.137. The molecule has 1 aliphatic rings. The van der Waals surface area contributed by atoms with Gasteiger partial charge in [-0.15, -0.1) is 40.8 Å². The lowest BCUT2D eigenvalue weighted by Gasteiger charge is -2.15. The number of hydrogen-bond donors (Lipinski definition) is 1. The molecule has 0 saturated carbocycles. The Bertz CT molecular complexity index is 5760. The Morgan fingerprint density at radius 3 is 0.906 bits per heavy atom. The van der Waals surface area contributed by atoms with Crippen LogP contribution in [0, 0.1) is 0 Å². The van der Waals surface area contributed by atoms with Crippen molar-refractivity contribution < 1.29 is 14.7 Å². The summed E-state index contributed by atoms with van der Waals surface area (Å²) >= 11 is 27.1. The monoisotopic (exact) mass is 1480 g/mol. The summed E-state index contributed by atoms with van der Waals surface area (Å²) in [6.07, 6.45) is 2.10. The zero-order valence-electron chi connectivity index (χ0n) is 57.6. The maximum atomic E-state index is 12.8. The number of halogens is 4. The molecule has 1 N–H and O–H groups in total. The lowest BCUT2D eigenvalue weighted by Crippen LogP contribution is -2.31. The van der Waals surface area contributed by atoms with Crippen LogP contribution in [0.3, 0.4) is 0 Å². The third-order valence-electron chi connectivity index (χ3n) is 17.6. The second-order valence-corrected chi connectivity index (χ2v) is 26.5. The van der Waals surface area contributed by atoms with E-state index in [9.17, 15) is 9.59 Å². The van der Waals surface area contributed by atoms with E-state index in [0.29, 0.717) is 94.2 Å². The minimum atomic E-state index is -1.01. The molecule has 0 atom stereocenters. The number of carbonyl (C=O) groups excluding carboxylic acids is 1. The van der Waals surface area contributed by atoms with E-state index in [0.717, 1.165) is 99.1 Å². The summed E-state index contributed by atoms with van der Waals surface area (Å²) in [6.45, 7) is 2.97. The first-order chi connectivity index (χ1) is 51.8. The minimum absolute atomic E-state index is 0.0431. The van der Waals surface area contributed by atoms with Crippen LogP contribution < -0.4 is 0 Å². The second-order valence-electron chi connectivity index (χ2n) is 25.0. The van der Waals surface area contributed by atoms with Gasteiger partial charge in [0, 0.05) is 71.2 Å². The van der Waals surface area contributed by atoms with Gasteiger partial charge in [-0.05, 0) is 26.9 Å². The van der Waals surface area contributed by atoms with Gasteiger partial charge in [0.15, 0.2) is 22.6 Å². The normalized spacial score (nSPS) is 11.9. The molecule has 0 radical (unpaired) electrons. The Hall–Kier alpha value is -12.0. The third kappa shape index (κ3) is 15.2. The quantitative estimate of drug-likeness (QED) is 0.100. The SMILES string of the molecule is CN(C)CCn1nc(-c2ccccc2)c2c(Cl)c(-c3ccccc3)nnc21.Cn1nc(-c2ccccc2)c2c(Cl)c(-c3ccccc3)nnc21.O=C(Cn1nc(-c2ccccc2)c2c(Cl)c(-c3ccccc3)nnc21)N1CCCC1.O=C(O)Cn1nc(-c2ccccc2)c2c(Cl)c(-c3ccccc3)nnc21. The predicted octanol–water partition coefficient (Wildman–Crippen LogP) is 17.1. The van der Waals surface area contributed by atoms with Gasteiger partial charge in [-0.2, -0.15) is 20.4 Å². The predicted molar refractivity (Wildman–Crippen MR) is 418 cm³/mol. The lowest BCUT2D eigenvalue weighted by atomic mass is 10.1. The molecule has 8 aromatic heterocycles. The summed E-state index contributed by atoms with van der Waals surface area (Å²) in [5.74, 6) is -0.972. The fourth-order valence-corrected chi connectivity index (χ4v) is 13.7. The van der Waals surface area contributed by atoms with E-state index >= 15 is 0 Å². The van der Waals surface area contributed by atoms with Crippen molar-refractivity contribution in [3.05, 3.63) is 263 Å². The van der Waals surface area contributed by atoms with Crippen LogP contribution in [-0.4, -0.2) is 140 Å². The number of aromatic nitrogens is 16. The highest BCUT2D eigenvalue weighted by molar-refractivity contribution is 6.40. The first kappa shape index (κ1) is 71.0. The Kier molecular flexibility index (Phi) is 21.7. The van der Waals surface area contributed by atoms with Gasteiger partial charge >= 0.3 is 5.97 Å². The van der Waals surface area contributed by atoms with E-state index in [1.54, 1.807) is 9.36 Å². The molecule has 1 aliphatic heterocycles. The molecule has 1 fully saturated rings. The summed E-state index contributed by atoms with van der Waals surface area (Å²) in [5, 5.41) is 67.6. The van der Waals surface area contributed by atoms with Crippen LogP contribution in [0.1, 0.15) is 12.8 Å². The standard InChI is InChI=1S/C23H20ClN5O.C21H20ClN5.C19H13ClN4O2.C18H13ClN4/c24-20-19-21(16-9-3-1-4-10-16)27-29(15-18(30)28-13-7-8-14-28)23(19)26-25-22(20)17-11-5-2-6-12-17;1-26(2)13-14-27-21-17(19(25-27)15-9-5-3-6-10-15)18(22)20(23-24-21)16-11-7-4-8-12-16;20-16-15-17(12-7-3-1-4-8-12)23-24(11-14(25)26)19(15)22-21-18(16)13-9-5-2-6-10-13;1-23-18-14(16(22-23)12-8-4-2-5-9-12)15(19)17(20-21-18)13-10-6-3-7-11-13/h1-6,9-12H,7-8,13-15H2;3-12H,13-14H2,1-2H3;1-10H,11H2,(H,25,26);2-11H,1H3. The number of fused-ring (bicyclic) bond motifs is 4. The number of benzene rings is 8. The number of carboxylic acid groups (broad SMARTS) is 1. The average molecular weight is 1480 g/mol. The van der Waals surface area contributed by atoms with Crippen LogP contribution in [0.15, 0.2) is 243 Å². The summed E-state index contributed by atoms with van der Waals surface area (Å²) in [7, 11) is 5.92. The summed E-state index contributed by atoms with van der Waals surface area (Å²) < 4.78 is 6.55. The molecule has 9 heterocycles. The summed E-state index contributed by atoms with van der Waals surface area (Å²) in [4.78, 5) is 27.9. The van der Waals surface area contributed by atoms with Gasteiger partial charge in [0.05, 0.1) is 48.2 Å². The number of carboxylic acids is 1. The topological polar surface area (TPSA) is 235 Å². The zero-order valence-corrected chi connectivity index (χ0v) is 60.6. The van der Waals surface area contributed by atoms with Crippen molar-refractivity contribution in [2.75, 3.05) is 33.7 Å². The number of carbonyl (C=O) groups is 2. The van der Waals surface area contributed by atoms with Crippen LogP contribution >= 0.6 is 46.4 Å². The molecular weight excluding hydrogens is 1410 g/mol. The van der Waals surface area contributed by atoms with Crippen LogP contribution in [-0.2, 0) is 36.3 Å². The fourth-order valence-electron chi connectivity index (χ4n) is 12.4. The number of likely N-dealkylation sites (N-methyl/N-ethyl adjacent to an activating group) is 1. The number of hydrogen-bond acceptors (Lipinski definition) is 15. The van der Waals surface area contributed by atoms with Crippen LogP contribution in [0.4, 0.5) is 0 Å². The van der Waals surface area contributed by atoms with Crippen molar-refractivity contribution in [1.29, 1.82) is 0 Å². The smallest absolute Gasteiger partial charge is 0.325 e. The molecule has 0 unspecified atom stereocenters. The van der Waals surface area contributed by atoms with Gasteiger partial charge in [-0.25, -0.2) is 18.7 Å². The first-order valence-corrected chi connectivity index (χ1v) is 35.5. The van der Waals surface area contributed by atoms with E-state index in [-0.39, 0.29) is 19.0 Å². The highest BCUT2D eigenvalue weighted by Crippen LogP contribution is 2.42. The molecule has 0 aliphatic carbocycles. The molecule has 21 nitrogen and oxygen atoms in total. The zero-order chi connectivity index (χ0) is 73.2. The van der Waals surface area contributed by atoms with Gasteiger partial charge in [-0.3, -0.25) is 9.59 Å². The van der Waals surface area contributed by atoms with Crippen molar-refractivity contribution in [3.8, 4) is 90.1 Å². The molecule has 0 bridgehead atoms. The number of aliphatic carboxylic acids is 1. The van der Waals surface area contributed by atoms with Gasteiger partial charge < -0.3 is 14.9 Å². The molecule has 8 aromatic carbocycles. The van der Waals surface area contributed by atoms with Crippen molar-refractivity contribution in [2.45, 2.75) is 32.5 Å². The second kappa shape index (κ2) is 32.4. The average Bonchev–Trinajstić information content (AvgIpc) is 1.62. The third-order valence-corrected chi connectivity index (χ3v) is 19.1. The van der Waals surface area contributed by atoms with Crippen LogP contribution in [0.25, 0.3) is 134 Å². The largest absolute Gasteiger partial charge is 0.480 e. The maximum Gasteiger partial charge on any atom is 0.325 e. The van der Waals surface area contributed by atoms with Crippen molar-refractivity contribution >= 4 is 102 Å². The summed E-state index contributed by atoms with van der Waals surface area (Å²) in [6, 6.07) is 78.2. The number of aryl methyl sites for hydroxylation is 1. The number of rotatable bonds is 15. The summed E-state index contributed by atoms with van der Waals surface area (Å²) in [5.41, 5.74) is 15.0. The fraction of sp³-hybridized carbons (Fsp3) is 0.136. The minimum Gasteiger partial charge on any atom is -0.480 e. The molecule has 106 heavy (non-hydrogen) atoms. The first-order valence-electron chi connectivity index (χ1n) is 34.0. The van der Waals surface area contributed by atoms with E-state index in [4.69, 9.17) is 61.7 Å². The van der Waals surface area contributed by atoms with E-state index < -0.39 is 5.97 Å². The van der Waals surface area contributed by atoms with E-state index in [2.05, 4.69) is 55.9 Å². The highest BCUT2D eigenvalue weighted by atomic mass is 35.5. The molecule has 0 spiro atoms. The number of nitrogens with zero attached hydrogens (tertiary/aromatic N) is 18. The van der Waals surface area contributed by atoms with Crippen LogP contribution in [0.2, 0.25) is 20.1 Å². The molecule has 25 heteroatoms. The van der Waals surface area contributed by atoms with Gasteiger partial charge in [0.25, 0.3) is 0 Å². The molecule has 16 aromatic rings. The number of amides is 1. The van der Waals surface area contributed by atoms with Crippen LogP contribution in [0.5, 0.6) is 0 Å². The Labute approximate surface area is 628 Å². The highest BCUT2D eigenvalue weighted by Gasteiger charge is 2.27. The Balaban J connectivity index is 0.000000119. The Morgan fingerprint density at radius 1 is 0.349 bits per heavy atom. The van der Waals surface area contributed by atoms with Crippen molar-refractivity contribution in [2.24, 2.45) is 7.05 Å². The van der Waals surface area contributed by atoms with E-state index in [1.165, 1.54) is 4.68 Å². The molecular formula is C81H66Cl4N18O3. The molecule has 526 valence electrons. The maximum absolute atomic E-state index is 12.8. The Morgan fingerprint density at radius 2 is 0.604 bits per heavy atom. The number of likely N-dealkylation sites (tertiary alicyclic amines) is 1. The molecule has 17 rings (SSSR count). The molecule has 1 amide bonds. The van der Waals surface area contributed by atoms with Gasteiger partial charge in [-0.1, -0.05) is 289 Å². The molecule has 1 saturated heterocycles. The van der Waals surface area contributed by atoms with E-state index in [1.807, 2.05) is 273 Å². The van der Waals surface area contributed by atoms with Gasteiger partial charge in [0.2, 0.25) is 5.91 Å². The van der Waals surface area contributed by atoms with Gasteiger partial charge in [0.1, 0.15) is 58.6 Å². The van der Waals surface area contributed by atoms with Crippen molar-refractivity contribution in [1.82, 2.24) is 89.7 Å².